The number of aryl methyl sites for hydroxylation is 1. The van der Waals surface area contributed by atoms with Crippen LogP contribution < -0.4 is 10.6 Å². The van der Waals surface area contributed by atoms with E-state index in [9.17, 15) is 31.5 Å². The van der Waals surface area contributed by atoms with Gasteiger partial charge < -0.3 is 10.6 Å². The fourth-order valence-corrected chi connectivity index (χ4v) is 7.27. The van der Waals surface area contributed by atoms with Gasteiger partial charge in [-0.1, -0.05) is 12.8 Å². The van der Waals surface area contributed by atoms with Gasteiger partial charge in [-0.15, -0.1) is 0 Å². The molecule has 3 aromatic heterocycles. The topological polar surface area (TPSA) is 106 Å². The summed E-state index contributed by atoms with van der Waals surface area (Å²) in [7, 11) is 0. The molecule has 3 unspecified atom stereocenters. The van der Waals surface area contributed by atoms with Gasteiger partial charge in [-0.25, -0.2) is 18.3 Å². The van der Waals surface area contributed by atoms with Gasteiger partial charge in [-0.2, -0.15) is 23.4 Å². The number of aromatic nitrogens is 5. The van der Waals surface area contributed by atoms with E-state index in [-0.39, 0.29) is 50.4 Å². The normalized spacial score (nSPS) is 23.7. The lowest BCUT2D eigenvalue weighted by atomic mass is 9.81. The van der Waals surface area contributed by atoms with Crippen LogP contribution in [0, 0.1) is 17.8 Å². The van der Waals surface area contributed by atoms with Gasteiger partial charge >= 0.3 is 6.18 Å². The Bertz CT molecular complexity index is 1530. The van der Waals surface area contributed by atoms with E-state index in [0.717, 1.165) is 31.2 Å². The van der Waals surface area contributed by atoms with E-state index >= 15 is 0 Å². The lowest BCUT2D eigenvalue weighted by Crippen LogP contribution is -2.47. The third kappa shape index (κ3) is 6.69. The first-order valence-electron chi connectivity index (χ1n) is 15.9. The first kappa shape index (κ1) is 31.4. The minimum Gasteiger partial charge on any atom is -0.355 e. The van der Waals surface area contributed by atoms with Crippen molar-refractivity contribution in [3.05, 3.63) is 47.2 Å². The van der Waals surface area contributed by atoms with Crippen LogP contribution in [0.3, 0.4) is 0 Å². The van der Waals surface area contributed by atoms with Gasteiger partial charge in [0, 0.05) is 44.5 Å². The van der Waals surface area contributed by atoms with Crippen molar-refractivity contribution in [3.63, 3.8) is 0 Å². The quantitative estimate of drug-likeness (QED) is 0.307. The Morgan fingerprint density at radius 3 is 2.60 bits per heavy atom. The zero-order valence-corrected chi connectivity index (χ0v) is 25.1. The second-order valence-corrected chi connectivity index (χ2v) is 12.8. The van der Waals surface area contributed by atoms with Crippen LogP contribution in [0.15, 0.2) is 24.5 Å². The fourth-order valence-electron chi connectivity index (χ4n) is 7.27. The SMILES string of the molecule is CCn1nccc1C(=O)NC(c1cn2nc(CC3CC(C(F)(F)F)CNC3=O)c(C3CCCC3)cc2n1)C1CCC(F)(F)CC1. The summed E-state index contributed by atoms with van der Waals surface area (Å²) in [5.74, 6) is -6.20. The summed E-state index contributed by atoms with van der Waals surface area (Å²) in [6.07, 6.45) is 2.19. The molecule has 3 aliphatic rings. The highest BCUT2D eigenvalue weighted by Crippen LogP contribution is 2.42. The second-order valence-electron chi connectivity index (χ2n) is 12.8. The molecule has 2 amide bonds. The van der Waals surface area contributed by atoms with E-state index < -0.39 is 48.3 Å². The fraction of sp³-hybridized carbons (Fsp3) is 0.645. The van der Waals surface area contributed by atoms with Crippen LogP contribution in [0.25, 0.3) is 5.65 Å². The Kier molecular flexibility index (Phi) is 8.59. The van der Waals surface area contributed by atoms with Crippen molar-refractivity contribution in [2.45, 2.75) is 102 Å². The number of carbonyl (C=O) groups excluding carboxylic acids is 2. The second kappa shape index (κ2) is 12.3. The molecule has 3 aromatic rings. The molecule has 2 aliphatic carbocycles. The van der Waals surface area contributed by atoms with Crippen molar-refractivity contribution in [1.82, 2.24) is 35.0 Å². The summed E-state index contributed by atoms with van der Waals surface area (Å²) >= 11 is 0. The molecule has 0 radical (unpaired) electrons. The van der Waals surface area contributed by atoms with Gasteiger partial charge in [-0.3, -0.25) is 14.3 Å². The zero-order valence-electron chi connectivity index (χ0n) is 25.1. The lowest BCUT2D eigenvalue weighted by molar-refractivity contribution is -0.183. The van der Waals surface area contributed by atoms with Crippen molar-refractivity contribution < 1.29 is 31.5 Å². The van der Waals surface area contributed by atoms with Crippen molar-refractivity contribution in [3.8, 4) is 0 Å². The van der Waals surface area contributed by atoms with E-state index in [4.69, 9.17) is 10.1 Å². The molecule has 0 aromatic carbocycles. The number of carbonyl (C=O) groups is 2. The summed E-state index contributed by atoms with van der Waals surface area (Å²) in [5, 5.41) is 14.4. The van der Waals surface area contributed by atoms with Crippen LogP contribution in [0.5, 0.6) is 0 Å². The largest absolute Gasteiger partial charge is 0.393 e. The number of alkyl halides is 5. The highest BCUT2D eigenvalue weighted by molar-refractivity contribution is 5.92. The first-order chi connectivity index (χ1) is 21.4. The van der Waals surface area contributed by atoms with E-state index in [1.54, 1.807) is 16.9 Å². The van der Waals surface area contributed by atoms with Crippen LogP contribution in [0.2, 0.25) is 0 Å². The highest BCUT2D eigenvalue weighted by atomic mass is 19.4. The number of amides is 2. The number of rotatable bonds is 8. The third-order valence-electron chi connectivity index (χ3n) is 9.83. The maximum atomic E-state index is 14.1. The standard InChI is InChI=1S/C31H38F5N7O2/c1-2-42-25(9-12-38-42)29(45)40-27(19-7-10-30(32,33)11-8-19)24-17-43-26(39-24)15-22(18-5-3-4-6-18)23(41-43)14-20-13-21(31(34,35)36)16-37-28(20)44/h9,12,15,17-21,27H,2-8,10-11,13-14,16H2,1H3,(H,37,44)(H,40,45). The van der Waals surface area contributed by atoms with Crippen LogP contribution in [-0.2, 0) is 17.8 Å². The number of hydrogen-bond acceptors (Lipinski definition) is 5. The van der Waals surface area contributed by atoms with Crippen molar-refractivity contribution in [2.75, 3.05) is 6.54 Å². The minimum absolute atomic E-state index is 0.0621. The summed E-state index contributed by atoms with van der Waals surface area (Å²) < 4.78 is 72.0. The molecule has 0 spiro atoms. The zero-order chi connectivity index (χ0) is 31.9. The number of imidazole rings is 1. The monoisotopic (exact) mass is 635 g/mol. The smallest absolute Gasteiger partial charge is 0.355 e. The molecule has 1 aliphatic heterocycles. The summed E-state index contributed by atoms with van der Waals surface area (Å²) in [6.45, 7) is 1.91. The molecular formula is C31H38F5N7O2. The van der Waals surface area contributed by atoms with Crippen LogP contribution in [-0.4, -0.2) is 54.8 Å². The van der Waals surface area contributed by atoms with E-state index in [2.05, 4.69) is 15.7 Å². The number of nitrogens with one attached hydrogen (secondary N) is 2. The summed E-state index contributed by atoms with van der Waals surface area (Å²) in [5.41, 5.74) is 2.75. The third-order valence-corrected chi connectivity index (χ3v) is 9.83. The predicted molar refractivity (Wildman–Crippen MR) is 154 cm³/mol. The molecule has 4 heterocycles. The molecular weight excluding hydrogens is 597 g/mol. The van der Waals surface area contributed by atoms with Crippen LogP contribution in [0.4, 0.5) is 22.0 Å². The highest BCUT2D eigenvalue weighted by Gasteiger charge is 2.45. The van der Waals surface area contributed by atoms with Gasteiger partial charge in [0.2, 0.25) is 11.8 Å². The molecule has 244 valence electrons. The number of nitrogens with zero attached hydrogens (tertiary/aromatic N) is 5. The molecule has 45 heavy (non-hydrogen) atoms. The Balaban J connectivity index is 1.35. The number of piperidine rings is 1. The molecule has 0 bridgehead atoms. The Morgan fingerprint density at radius 1 is 1.18 bits per heavy atom. The van der Waals surface area contributed by atoms with E-state index in [1.807, 2.05) is 13.0 Å². The maximum absolute atomic E-state index is 14.1. The maximum Gasteiger partial charge on any atom is 0.393 e. The van der Waals surface area contributed by atoms with Gasteiger partial charge in [0.1, 0.15) is 5.69 Å². The minimum atomic E-state index is -4.41. The Labute approximate surface area is 257 Å². The van der Waals surface area contributed by atoms with Gasteiger partial charge in [-0.05, 0) is 68.6 Å². The van der Waals surface area contributed by atoms with E-state index in [1.165, 1.54) is 10.7 Å². The van der Waals surface area contributed by atoms with Gasteiger partial charge in [0.25, 0.3) is 5.91 Å². The van der Waals surface area contributed by atoms with Crippen molar-refractivity contribution in [1.29, 1.82) is 0 Å². The molecule has 2 saturated carbocycles. The number of hydrogen-bond donors (Lipinski definition) is 2. The molecule has 14 heteroatoms. The predicted octanol–water partition coefficient (Wildman–Crippen LogP) is 5.76. The lowest BCUT2D eigenvalue weighted by Gasteiger charge is -2.33. The number of halogens is 5. The Morgan fingerprint density at radius 2 is 1.91 bits per heavy atom. The van der Waals surface area contributed by atoms with Crippen molar-refractivity contribution >= 4 is 17.5 Å². The van der Waals surface area contributed by atoms with E-state index in [0.29, 0.717) is 29.3 Å². The molecule has 1 saturated heterocycles. The molecule has 3 atom stereocenters. The summed E-state index contributed by atoms with van der Waals surface area (Å²) in [6, 6.07) is 2.82. The van der Waals surface area contributed by atoms with Gasteiger partial charge in [0.15, 0.2) is 5.65 Å². The summed E-state index contributed by atoms with van der Waals surface area (Å²) in [4.78, 5) is 30.9. The van der Waals surface area contributed by atoms with Crippen LogP contribution in [0.1, 0.15) is 104 Å². The van der Waals surface area contributed by atoms with Crippen molar-refractivity contribution in [2.24, 2.45) is 17.8 Å². The molecule has 3 fully saturated rings. The molecule has 6 rings (SSSR count). The molecule has 9 nitrogen and oxygen atoms in total. The first-order valence-corrected chi connectivity index (χ1v) is 15.9. The van der Waals surface area contributed by atoms with Crippen LogP contribution >= 0.6 is 0 Å². The Hall–Kier alpha value is -3.58. The average molecular weight is 636 g/mol. The average Bonchev–Trinajstić information content (AvgIpc) is 3.77. The molecule has 2 N–H and O–H groups in total. The van der Waals surface area contributed by atoms with Gasteiger partial charge in [0.05, 0.1) is 29.5 Å². The number of fused-ring (bicyclic) bond motifs is 1.